The van der Waals surface area contributed by atoms with Crippen LogP contribution in [0.3, 0.4) is 0 Å². The van der Waals surface area contributed by atoms with Gasteiger partial charge < -0.3 is 5.32 Å². The molecule has 1 amide bonds. The van der Waals surface area contributed by atoms with Gasteiger partial charge in [-0.2, -0.15) is 4.31 Å². The summed E-state index contributed by atoms with van der Waals surface area (Å²) in [6.45, 7) is 6.11. The van der Waals surface area contributed by atoms with Crippen LogP contribution in [0.25, 0.3) is 0 Å². The van der Waals surface area contributed by atoms with E-state index in [1.165, 1.54) is 16.4 Å². The summed E-state index contributed by atoms with van der Waals surface area (Å²) in [5.74, 6) is -0.493. The fraction of sp³-hybridized carbons (Fsp3) is 0.409. The van der Waals surface area contributed by atoms with Gasteiger partial charge in [0.1, 0.15) is 0 Å². The quantitative estimate of drug-likeness (QED) is 0.733. The number of sulfonamides is 1. The number of aryl methyl sites for hydroxylation is 3. The van der Waals surface area contributed by atoms with Crippen molar-refractivity contribution in [2.75, 3.05) is 24.7 Å². The molecule has 3 rings (SSSR count). The van der Waals surface area contributed by atoms with Gasteiger partial charge in [0.05, 0.1) is 9.79 Å². The number of amides is 1. The summed E-state index contributed by atoms with van der Waals surface area (Å²) < 4.78 is 50.9. The summed E-state index contributed by atoms with van der Waals surface area (Å²) in [6, 6.07) is 9.75. The Morgan fingerprint density at radius 1 is 0.935 bits per heavy atom. The zero-order chi connectivity index (χ0) is 23.0. The van der Waals surface area contributed by atoms with E-state index in [9.17, 15) is 21.6 Å². The number of hydrogen-bond donors (Lipinski definition) is 1. The van der Waals surface area contributed by atoms with Crippen LogP contribution in [-0.4, -0.2) is 46.4 Å². The molecular formula is C22H28N2O5S2. The molecule has 1 heterocycles. The molecule has 0 radical (unpaired) electrons. The molecule has 2 aromatic rings. The van der Waals surface area contributed by atoms with Crippen LogP contribution < -0.4 is 5.32 Å². The number of nitrogens with zero attached hydrogens (tertiary/aromatic N) is 1. The van der Waals surface area contributed by atoms with Crippen LogP contribution >= 0.6 is 0 Å². The number of carbonyl (C=O) groups excluding carboxylic acids is 1. The molecule has 168 valence electrons. The average Bonchev–Trinajstić information content (AvgIpc) is 2.66. The van der Waals surface area contributed by atoms with Gasteiger partial charge in [0.15, 0.2) is 9.84 Å². The van der Waals surface area contributed by atoms with E-state index in [-0.39, 0.29) is 29.8 Å². The highest BCUT2D eigenvalue weighted by Crippen LogP contribution is 2.29. The van der Waals surface area contributed by atoms with Gasteiger partial charge in [-0.05, 0) is 69.0 Å². The van der Waals surface area contributed by atoms with Gasteiger partial charge in [0.2, 0.25) is 15.9 Å². The third kappa shape index (κ3) is 5.16. The number of nitrogens with one attached hydrogen (secondary N) is 1. The molecule has 1 fully saturated rings. The third-order valence-electron chi connectivity index (χ3n) is 5.58. The Morgan fingerprint density at radius 3 is 1.94 bits per heavy atom. The summed E-state index contributed by atoms with van der Waals surface area (Å²) in [7, 11) is -6.92. The Kier molecular flexibility index (Phi) is 6.59. The van der Waals surface area contributed by atoms with Gasteiger partial charge in [-0.25, -0.2) is 16.8 Å². The molecule has 9 heteroatoms. The fourth-order valence-electron chi connectivity index (χ4n) is 4.09. The molecule has 1 saturated heterocycles. The van der Waals surface area contributed by atoms with Crippen molar-refractivity contribution in [1.29, 1.82) is 0 Å². The summed E-state index contributed by atoms with van der Waals surface area (Å²) in [5, 5.41) is 2.80. The molecule has 0 aromatic heterocycles. The Labute approximate surface area is 184 Å². The minimum Gasteiger partial charge on any atom is -0.326 e. The molecule has 0 aliphatic carbocycles. The van der Waals surface area contributed by atoms with E-state index in [0.717, 1.165) is 22.9 Å². The number of hydrogen-bond acceptors (Lipinski definition) is 5. The molecule has 0 atom stereocenters. The molecular weight excluding hydrogens is 436 g/mol. The van der Waals surface area contributed by atoms with E-state index < -0.39 is 19.9 Å². The van der Waals surface area contributed by atoms with Crippen molar-refractivity contribution in [1.82, 2.24) is 4.31 Å². The van der Waals surface area contributed by atoms with Crippen molar-refractivity contribution in [3.8, 4) is 0 Å². The van der Waals surface area contributed by atoms with Crippen molar-refractivity contribution >= 4 is 31.5 Å². The maximum atomic E-state index is 13.2. The van der Waals surface area contributed by atoms with E-state index in [0.29, 0.717) is 23.4 Å². The van der Waals surface area contributed by atoms with Crippen molar-refractivity contribution in [2.45, 2.75) is 43.4 Å². The second-order valence-electron chi connectivity index (χ2n) is 8.19. The third-order valence-corrected chi connectivity index (χ3v) is 8.91. The highest BCUT2D eigenvalue weighted by Gasteiger charge is 2.33. The number of rotatable bonds is 5. The van der Waals surface area contributed by atoms with Crippen molar-refractivity contribution in [3.63, 3.8) is 0 Å². The standard InChI is InChI=1S/C22H28N2O5S2/c1-15-13-16(2)21(17(3)14-15)31(28,29)24-11-9-18(10-12-24)22(25)23-19-5-7-20(8-6-19)30(4,26)27/h5-8,13-14,18H,9-12H2,1-4H3,(H,23,25). The van der Waals surface area contributed by atoms with Crippen molar-refractivity contribution in [2.24, 2.45) is 5.92 Å². The van der Waals surface area contributed by atoms with E-state index in [1.54, 1.807) is 12.1 Å². The zero-order valence-electron chi connectivity index (χ0n) is 18.2. The first-order valence-corrected chi connectivity index (χ1v) is 13.4. The van der Waals surface area contributed by atoms with Gasteiger partial charge in [-0.3, -0.25) is 4.79 Å². The first kappa shape index (κ1) is 23.4. The lowest BCUT2D eigenvalue weighted by molar-refractivity contribution is -0.120. The Hall–Kier alpha value is -2.23. The topological polar surface area (TPSA) is 101 Å². The van der Waals surface area contributed by atoms with Gasteiger partial charge >= 0.3 is 0 Å². The van der Waals surface area contributed by atoms with E-state index in [4.69, 9.17) is 0 Å². The maximum absolute atomic E-state index is 13.2. The Bertz CT molecular complexity index is 1170. The predicted molar refractivity (Wildman–Crippen MR) is 120 cm³/mol. The average molecular weight is 465 g/mol. The summed E-state index contributed by atoms with van der Waals surface area (Å²) in [5.41, 5.74) is 3.00. The number of piperidine rings is 1. The van der Waals surface area contributed by atoms with Crippen LogP contribution in [-0.2, 0) is 24.7 Å². The second-order valence-corrected chi connectivity index (χ2v) is 12.1. The zero-order valence-corrected chi connectivity index (χ0v) is 19.8. The molecule has 0 spiro atoms. The molecule has 0 unspecified atom stereocenters. The lowest BCUT2D eigenvalue weighted by Gasteiger charge is -2.31. The largest absolute Gasteiger partial charge is 0.326 e. The Morgan fingerprint density at radius 2 is 1.45 bits per heavy atom. The molecule has 1 aliphatic heterocycles. The highest BCUT2D eigenvalue weighted by atomic mass is 32.2. The van der Waals surface area contributed by atoms with E-state index >= 15 is 0 Å². The molecule has 0 saturated carbocycles. The molecule has 7 nitrogen and oxygen atoms in total. The minimum absolute atomic E-state index is 0.186. The monoisotopic (exact) mass is 464 g/mol. The van der Waals surface area contributed by atoms with Gasteiger partial charge in [0.25, 0.3) is 0 Å². The van der Waals surface area contributed by atoms with Crippen LogP contribution in [0.1, 0.15) is 29.5 Å². The summed E-state index contributed by atoms with van der Waals surface area (Å²) >= 11 is 0. The maximum Gasteiger partial charge on any atom is 0.243 e. The summed E-state index contributed by atoms with van der Waals surface area (Å²) in [6.07, 6.45) is 1.98. The lowest BCUT2D eigenvalue weighted by atomic mass is 9.97. The number of sulfone groups is 1. The highest BCUT2D eigenvalue weighted by molar-refractivity contribution is 7.90. The van der Waals surface area contributed by atoms with E-state index in [1.807, 2.05) is 32.9 Å². The van der Waals surface area contributed by atoms with Crippen LogP contribution in [0.2, 0.25) is 0 Å². The first-order chi connectivity index (χ1) is 14.4. The molecule has 0 bridgehead atoms. The van der Waals surface area contributed by atoms with Crippen LogP contribution in [0.15, 0.2) is 46.2 Å². The van der Waals surface area contributed by atoms with Gasteiger partial charge in [-0.15, -0.1) is 0 Å². The number of carbonyl (C=O) groups is 1. The molecule has 1 aliphatic rings. The number of anilines is 1. The molecule has 31 heavy (non-hydrogen) atoms. The number of benzene rings is 2. The minimum atomic E-state index is -3.62. The Balaban J connectivity index is 1.66. The fourth-order valence-corrected chi connectivity index (χ4v) is 6.60. The normalized spacial score (nSPS) is 16.3. The first-order valence-electron chi connectivity index (χ1n) is 10.1. The van der Waals surface area contributed by atoms with Gasteiger partial charge in [-0.1, -0.05) is 17.7 Å². The van der Waals surface area contributed by atoms with Crippen LogP contribution in [0.4, 0.5) is 5.69 Å². The second kappa shape index (κ2) is 8.72. The van der Waals surface area contributed by atoms with Crippen molar-refractivity contribution < 1.29 is 21.6 Å². The van der Waals surface area contributed by atoms with E-state index in [2.05, 4.69) is 5.32 Å². The predicted octanol–water partition coefficient (Wildman–Crippen LogP) is 3.05. The summed E-state index contributed by atoms with van der Waals surface area (Å²) in [4.78, 5) is 13.2. The molecule has 2 aromatic carbocycles. The van der Waals surface area contributed by atoms with Crippen LogP contribution in [0.5, 0.6) is 0 Å². The van der Waals surface area contributed by atoms with Crippen molar-refractivity contribution in [3.05, 3.63) is 53.1 Å². The lowest BCUT2D eigenvalue weighted by Crippen LogP contribution is -2.41. The SMILES string of the molecule is Cc1cc(C)c(S(=O)(=O)N2CCC(C(=O)Nc3ccc(S(C)(=O)=O)cc3)CC2)c(C)c1. The van der Waals surface area contributed by atoms with Crippen LogP contribution in [0, 0.1) is 26.7 Å². The molecule has 1 N–H and O–H groups in total. The van der Waals surface area contributed by atoms with Gasteiger partial charge in [0, 0.05) is 31.0 Å². The smallest absolute Gasteiger partial charge is 0.243 e.